The number of aromatic carboxylic acids is 1. The summed E-state index contributed by atoms with van der Waals surface area (Å²) in [6.07, 6.45) is 0. The van der Waals surface area contributed by atoms with E-state index in [1.54, 1.807) is 23.9 Å². The van der Waals surface area contributed by atoms with E-state index >= 15 is 0 Å². The molecule has 5 heteroatoms. The van der Waals surface area contributed by atoms with E-state index in [-0.39, 0.29) is 0 Å². The predicted octanol–water partition coefficient (Wildman–Crippen LogP) is 3.58. The van der Waals surface area contributed by atoms with Crippen LogP contribution in [0, 0.1) is 0 Å². The molecule has 100 valence electrons. The van der Waals surface area contributed by atoms with Gasteiger partial charge in [0.15, 0.2) is 0 Å². The van der Waals surface area contributed by atoms with Gasteiger partial charge in [-0.3, -0.25) is 0 Å². The van der Waals surface area contributed by atoms with E-state index in [9.17, 15) is 4.79 Å². The molecule has 0 saturated carbocycles. The van der Waals surface area contributed by atoms with Crippen LogP contribution in [0.25, 0.3) is 0 Å². The fourth-order valence-electron chi connectivity index (χ4n) is 1.62. The summed E-state index contributed by atoms with van der Waals surface area (Å²) in [5.74, 6) is 0.0335. The van der Waals surface area contributed by atoms with Crippen LogP contribution >= 0.6 is 27.7 Å². The van der Waals surface area contributed by atoms with Gasteiger partial charge in [0.05, 0.1) is 5.56 Å². The summed E-state index contributed by atoms with van der Waals surface area (Å²) in [6, 6.07) is 5.28. The van der Waals surface area contributed by atoms with Crippen LogP contribution in [0.1, 0.15) is 24.2 Å². The Morgan fingerprint density at radius 1 is 1.39 bits per heavy atom. The molecule has 0 atom stereocenters. The van der Waals surface area contributed by atoms with E-state index in [4.69, 9.17) is 5.11 Å². The highest BCUT2D eigenvalue weighted by molar-refractivity contribution is 9.10. The van der Waals surface area contributed by atoms with E-state index in [2.05, 4.69) is 34.7 Å². The molecule has 0 spiro atoms. The van der Waals surface area contributed by atoms with Gasteiger partial charge in [0.2, 0.25) is 0 Å². The van der Waals surface area contributed by atoms with Crippen LogP contribution in [0.3, 0.4) is 0 Å². The maximum Gasteiger partial charge on any atom is 0.336 e. The molecule has 0 aliphatic rings. The summed E-state index contributed by atoms with van der Waals surface area (Å²) in [4.78, 5) is 14.3. The smallest absolute Gasteiger partial charge is 0.336 e. The SMILES string of the molecule is CCN(CC)CCSc1cc(Br)ccc1C(=O)O. The summed E-state index contributed by atoms with van der Waals surface area (Å²) >= 11 is 4.97. The van der Waals surface area contributed by atoms with Gasteiger partial charge in [-0.05, 0) is 31.3 Å². The molecule has 0 saturated heterocycles. The highest BCUT2D eigenvalue weighted by atomic mass is 79.9. The molecule has 1 N–H and O–H groups in total. The number of rotatable bonds is 7. The van der Waals surface area contributed by atoms with Crippen LogP contribution in [0.15, 0.2) is 27.6 Å². The number of carbonyl (C=O) groups is 1. The quantitative estimate of drug-likeness (QED) is 0.775. The maximum atomic E-state index is 11.1. The fraction of sp³-hybridized carbons (Fsp3) is 0.462. The second kappa shape index (κ2) is 7.81. The van der Waals surface area contributed by atoms with Gasteiger partial charge in [-0.2, -0.15) is 0 Å². The van der Waals surface area contributed by atoms with Crippen LogP contribution in [-0.2, 0) is 0 Å². The molecule has 0 radical (unpaired) electrons. The molecule has 18 heavy (non-hydrogen) atoms. The van der Waals surface area contributed by atoms with Crippen molar-refractivity contribution >= 4 is 33.7 Å². The van der Waals surface area contributed by atoms with E-state index in [1.165, 1.54) is 0 Å². The summed E-state index contributed by atoms with van der Waals surface area (Å²) in [5, 5.41) is 9.12. The second-order valence-corrected chi connectivity index (χ2v) is 5.87. The Kier molecular flexibility index (Phi) is 6.75. The Labute approximate surface area is 121 Å². The Balaban J connectivity index is 2.66. The first kappa shape index (κ1) is 15.5. The third kappa shape index (κ3) is 4.63. The fourth-order valence-corrected chi connectivity index (χ4v) is 3.22. The zero-order chi connectivity index (χ0) is 13.5. The topological polar surface area (TPSA) is 40.5 Å². The molecule has 0 bridgehead atoms. The highest BCUT2D eigenvalue weighted by Gasteiger charge is 2.11. The average Bonchev–Trinajstić information content (AvgIpc) is 2.34. The van der Waals surface area contributed by atoms with Crippen molar-refractivity contribution in [3.8, 4) is 0 Å². The van der Waals surface area contributed by atoms with Crippen molar-refractivity contribution in [1.82, 2.24) is 4.90 Å². The molecule has 0 heterocycles. The minimum atomic E-state index is -0.868. The van der Waals surface area contributed by atoms with Gasteiger partial charge in [0, 0.05) is 21.7 Å². The number of hydrogen-bond donors (Lipinski definition) is 1. The molecule has 1 rings (SSSR count). The van der Waals surface area contributed by atoms with Crippen LogP contribution in [0.5, 0.6) is 0 Å². The molecule has 0 fully saturated rings. The number of thioether (sulfide) groups is 1. The molecule has 0 amide bonds. The minimum Gasteiger partial charge on any atom is -0.478 e. The van der Waals surface area contributed by atoms with Crippen LogP contribution in [-0.4, -0.2) is 41.4 Å². The zero-order valence-corrected chi connectivity index (χ0v) is 13.1. The molecular formula is C13H18BrNO2S. The number of carboxylic acid groups (broad SMARTS) is 1. The Morgan fingerprint density at radius 2 is 2.06 bits per heavy atom. The van der Waals surface area contributed by atoms with Crippen LogP contribution < -0.4 is 0 Å². The van der Waals surface area contributed by atoms with Gasteiger partial charge in [0.25, 0.3) is 0 Å². The van der Waals surface area contributed by atoms with Gasteiger partial charge in [-0.25, -0.2) is 4.79 Å². The van der Waals surface area contributed by atoms with Gasteiger partial charge >= 0.3 is 5.97 Å². The molecule has 1 aromatic rings. The van der Waals surface area contributed by atoms with Gasteiger partial charge in [-0.1, -0.05) is 29.8 Å². The molecule has 3 nitrogen and oxygen atoms in total. The monoisotopic (exact) mass is 331 g/mol. The first-order valence-corrected chi connectivity index (χ1v) is 7.74. The van der Waals surface area contributed by atoms with Gasteiger partial charge in [0.1, 0.15) is 0 Å². The van der Waals surface area contributed by atoms with E-state index < -0.39 is 5.97 Å². The van der Waals surface area contributed by atoms with Crippen molar-refractivity contribution in [3.63, 3.8) is 0 Å². The lowest BCUT2D eigenvalue weighted by atomic mass is 10.2. The molecule has 0 aliphatic heterocycles. The standard InChI is InChI=1S/C13H18BrNO2S/c1-3-15(4-2)7-8-18-12-9-10(14)5-6-11(12)13(16)17/h5-6,9H,3-4,7-8H2,1-2H3,(H,16,17). The second-order valence-electron chi connectivity index (χ2n) is 3.82. The summed E-state index contributed by atoms with van der Waals surface area (Å²) in [5.41, 5.74) is 0.378. The van der Waals surface area contributed by atoms with Crippen LogP contribution in [0.2, 0.25) is 0 Å². The summed E-state index contributed by atoms with van der Waals surface area (Å²) < 4.78 is 0.915. The van der Waals surface area contributed by atoms with Crippen molar-refractivity contribution in [2.24, 2.45) is 0 Å². The van der Waals surface area contributed by atoms with Crippen molar-refractivity contribution in [2.75, 3.05) is 25.4 Å². The van der Waals surface area contributed by atoms with Crippen molar-refractivity contribution in [1.29, 1.82) is 0 Å². The molecule has 1 aromatic carbocycles. The lowest BCUT2D eigenvalue weighted by Gasteiger charge is -2.17. The van der Waals surface area contributed by atoms with Gasteiger partial charge < -0.3 is 10.0 Å². The van der Waals surface area contributed by atoms with E-state index in [0.717, 1.165) is 34.8 Å². The largest absolute Gasteiger partial charge is 0.478 e. The summed E-state index contributed by atoms with van der Waals surface area (Å²) in [7, 11) is 0. The summed E-state index contributed by atoms with van der Waals surface area (Å²) in [6.45, 7) is 7.30. The Hall–Kier alpha value is -0.520. The minimum absolute atomic E-state index is 0.378. The maximum absolute atomic E-state index is 11.1. The number of benzene rings is 1. The lowest BCUT2D eigenvalue weighted by Crippen LogP contribution is -2.25. The molecule has 0 aliphatic carbocycles. The third-order valence-corrected chi connectivity index (χ3v) is 4.26. The molecular weight excluding hydrogens is 314 g/mol. The van der Waals surface area contributed by atoms with Crippen molar-refractivity contribution in [3.05, 3.63) is 28.2 Å². The van der Waals surface area contributed by atoms with Crippen molar-refractivity contribution < 1.29 is 9.90 Å². The molecule has 0 unspecified atom stereocenters. The lowest BCUT2D eigenvalue weighted by molar-refractivity contribution is 0.0693. The molecule has 0 aromatic heterocycles. The normalized spacial score (nSPS) is 10.9. The Bertz CT molecular complexity index is 408. The number of carboxylic acids is 1. The predicted molar refractivity (Wildman–Crippen MR) is 79.6 cm³/mol. The van der Waals surface area contributed by atoms with E-state index in [1.807, 2.05) is 6.07 Å². The number of halogens is 1. The third-order valence-electron chi connectivity index (χ3n) is 2.73. The van der Waals surface area contributed by atoms with E-state index in [0.29, 0.717) is 5.56 Å². The van der Waals surface area contributed by atoms with Crippen molar-refractivity contribution in [2.45, 2.75) is 18.7 Å². The number of nitrogens with zero attached hydrogens (tertiary/aromatic N) is 1. The first-order valence-electron chi connectivity index (χ1n) is 5.96. The zero-order valence-electron chi connectivity index (χ0n) is 10.6. The number of hydrogen-bond acceptors (Lipinski definition) is 3. The average molecular weight is 332 g/mol. The van der Waals surface area contributed by atoms with Crippen LogP contribution in [0.4, 0.5) is 0 Å². The first-order chi connectivity index (χ1) is 8.58. The highest BCUT2D eigenvalue weighted by Crippen LogP contribution is 2.26. The van der Waals surface area contributed by atoms with Gasteiger partial charge in [-0.15, -0.1) is 11.8 Å². The Morgan fingerprint density at radius 3 is 2.61 bits per heavy atom.